The van der Waals surface area contributed by atoms with Crippen molar-refractivity contribution in [2.24, 2.45) is 0 Å². The van der Waals surface area contributed by atoms with Gasteiger partial charge in [-0.3, -0.25) is 4.90 Å². The van der Waals surface area contributed by atoms with Crippen LogP contribution in [0.15, 0.2) is 24.3 Å². The highest BCUT2D eigenvalue weighted by Gasteiger charge is 2.21. The average Bonchev–Trinajstić information content (AvgIpc) is 2.47. The van der Waals surface area contributed by atoms with Gasteiger partial charge in [0.25, 0.3) is 0 Å². The summed E-state index contributed by atoms with van der Waals surface area (Å²) in [6, 6.07) is 8.58. The summed E-state index contributed by atoms with van der Waals surface area (Å²) in [5.41, 5.74) is 1.26. The number of benzene rings is 1. The SMILES string of the molecule is CCOc1ccc([C@H](CCO)N2CCNCC2)cc1. The second kappa shape index (κ2) is 7.48. The molecule has 2 N–H and O–H groups in total. The Morgan fingerprint density at radius 3 is 2.53 bits per heavy atom. The lowest BCUT2D eigenvalue weighted by molar-refractivity contribution is 0.141. The largest absolute Gasteiger partial charge is 0.494 e. The van der Waals surface area contributed by atoms with Crippen LogP contribution in [-0.2, 0) is 0 Å². The third-order valence-corrected chi connectivity index (χ3v) is 3.57. The second-order valence-electron chi connectivity index (χ2n) is 4.82. The summed E-state index contributed by atoms with van der Waals surface area (Å²) < 4.78 is 5.47. The van der Waals surface area contributed by atoms with Crippen LogP contribution in [0.2, 0.25) is 0 Å². The Kier molecular flexibility index (Phi) is 5.63. The van der Waals surface area contributed by atoms with Gasteiger partial charge < -0.3 is 15.2 Å². The molecule has 1 aromatic carbocycles. The van der Waals surface area contributed by atoms with E-state index in [-0.39, 0.29) is 6.61 Å². The van der Waals surface area contributed by atoms with Gasteiger partial charge in [0.1, 0.15) is 5.75 Å². The fourth-order valence-corrected chi connectivity index (χ4v) is 2.63. The predicted octanol–water partition coefficient (Wildman–Crippen LogP) is 1.41. The third kappa shape index (κ3) is 3.93. The van der Waals surface area contributed by atoms with Gasteiger partial charge in [-0.2, -0.15) is 0 Å². The molecule has 1 fully saturated rings. The van der Waals surface area contributed by atoms with Gasteiger partial charge in [0.2, 0.25) is 0 Å². The number of nitrogens with one attached hydrogen (secondary N) is 1. The summed E-state index contributed by atoms with van der Waals surface area (Å²) in [5.74, 6) is 0.911. The smallest absolute Gasteiger partial charge is 0.119 e. The van der Waals surface area contributed by atoms with E-state index in [4.69, 9.17) is 4.74 Å². The molecule has 1 aliphatic heterocycles. The first-order valence-corrected chi connectivity index (χ1v) is 7.13. The van der Waals surface area contributed by atoms with E-state index < -0.39 is 0 Å². The van der Waals surface area contributed by atoms with E-state index >= 15 is 0 Å². The van der Waals surface area contributed by atoms with Crippen molar-refractivity contribution in [1.82, 2.24) is 10.2 Å². The van der Waals surface area contributed by atoms with Crippen molar-refractivity contribution in [3.05, 3.63) is 29.8 Å². The molecule has 0 amide bonds. The van der Waals surface area contributed by atoms with Crippen LogP contribution in [0.3, 0.4) is 0 Å². The van der Waals surface area contributed by atoms with Crippen molar-refractivity contribution < 1.29 is 9.84 Å². The van der Waals surface area contributed by atoms with E-state index in [1.54, 1.807) is 0 Å². The molecular weight excluding hydrogens is 240 g/mol. The zero-order valence-corrected chi connectivity index (χ0v) is 11.6. The molecule has 0 radical (unpaired) electrons. The van der Waals surface area contributed by atoms with Crippen LogP contribution < -0.4 is 10.1 Å². The van der Waals surface area contributed by atoms with E-state index in [0.29, 0.717) is 12.6 Å². The molecule has 1 atom stereocenters. The molecule has 0 spiro atoms. The summed E-state index contributed by atoms with van der Waals surface area (Å²) in [7, 11) is 0. The van der Waals surface area contributed by atoms with E-state index in [9.17, 15) is 5.11 Å². The standard InChI is InChI=1S/C15H24N2O2/c1-2-19-14-5-3-13(4-6-14)15(7-12-18)17-10-8-16-9-11-17/h3-6,15-16,18H,2,7-12H2,1H3/t15-/m0/s1. The van der Waals surface area contributed by atoms with E-state index in [2.05, 4.69) is 22.3 Å². The average molecular weight is 264 g/mol. The maximum atomic E-state index is 9.30. The first-order chi connectivity index (χ1) is 9.35. The highest BCUT2D eigenvalue weighted by atomic mass is 16.5. The first kappa shape index (κ1) is 14.3. The van der Waals surface area contributed by atoms with Gasteiger partial charge in [0, 0.05) is 38.8 Å². The summed E-state index contributed by atoms with van der Waals surface area (Å²) >= 11 is 0. The van der Waals surface area contributed by atoms with Crippen LogP contribution in [0.5, 0.6) is 5.75 Å². The summed E-state index contributed by atoms with van der Waals surface area (Å²) in [5, 5.41) is 12.7. The Hall–Kier alpha value is -1.10. The van der Waals surface area contributed by atoms with E-state index in [1.807, 2.05) is 19.1 Å². The van der Waals surface area contributed by atoms with E-state index in [1.165, 1.54) is 5.56 Å². The predicted molar refractivity (Wildman–Crippen MR) is 76.5 cm³/mol. The Morgan fingerprint density at radius 1 is 1.26 bits per heavy atom. The van der Waals surface area contributed by atoms with E-state index in [0.717, 1.165) is 38.3 Å². The molecule has 0 bridgehead atoms. The quantitative estimate of drug-likeness (QED) is 0.815. The zero-order chi connectivity index (χ0) is 13.5. The molecular formula is C15H24N2O2. The first-order valence-electron chi connectivity index (χ1n) is 7.13. The van der Waals surface area contributed by atoms with Crippen LogP contribution in [0.25, 0.3) is 0 Å². The van der Waals surface area contributed by atoms with Crippen LogP contribution in [-0.4, -0.2) is 49.4 Å². The molecule has 0 aliphatic carbocycles. The van der Waals surface area contributed by atoms with Crippen LogP contribution in [0.1, 0.15) is 24.9 Å². The number of aliphatic hydroxyl groups excluding tert-OH is 1. The van der Waals surface area contributed by atoms with Crippen LogP contribution in [0.4, 0.5) is 0 Å². The highest BCUT2D eigenvalue weighted by Crippen LogP contribution is 2.26. The van der Waals surface area contributed by atoms with Gasteiger partial charge in [-0.05, 0) is 31.0 Å². The number of piperazine rings is 1. The van der Waals surface area contributed by atoms with Crippen molar-refractivity contribution in [1.29, 1.82) is 0 Å². The monoisotopic (exact) mass is 264 g/mol. The van der Waals surface area contributed by atoms with Gasteiger partial charge in [-0.25, -0.2) is 0 Å². The maximum Gasteiger partial charge on any atom is 0.119 e. The van der Waals surface area contributed by atoms with Crippen molar-refractivity contribution >= 4 is 0 Å². The molecule has 2 rings (SSSR count). The molecule has 1 saturated heterocycles. The third-order valence-electron chi connectivity index (χ3n) is 3.57. The minimum atomic E-state index is 0.224. The molecule has 19 heavy (non-hydrogen) atoms. The number of aliphatic hydroxyl groups is 1. The molecule has 1 aromatic rings. The Morgan fingerprint density at radius 2 is 1.95 bits per heavy atom. The zero-order valence-electron chi connectivity index (χ0n) is 11.6. The number of ether oxygens (including phenoxy) is 1. The van der Waals surface area contributed by atoms with Gasteiger partial charge in [0.15, 0.2) is 0 Å². The van der Waals surface area contributed by atoms with Crippen molar-refractivity contribution in [2.45, 2.75) is 19.4 Å². The highest BCUT2D eigenvalue weighted by molar-refractivity contribution is 5.29. The van der Waals surface area contributed by atoms with Crippen LogP contribution in [0, 0.1) is 0 Å². The molecule has 0 saturated carbocycles. The Balaban J connectivity index is 2.08. The van der Waals surface area contributed by atoms with Gasteiger partial charge in [-0.1, -0.05) is 12.1 Å². The molecule has 0 unspecified atom stereocenters. The fourth-order valence-electron chi connectivity index (χ4n) is 2.63. The fraction of sp³-hybridized carbons (Fsp3) is 0.600. The molecule has 1 aliphatic rings. The molecule has 4 nitrogen and oxygen atoms in total. The number of nitrogens with zero attached hydrogens (tertiary/aromatic N) is 1. The van der Waals surface area contributed by atoms with Gasteiger partial charge >= 0.3 is 0 Å². The lowest BCUT2D eigenvalue weighted by Gasteiger charge is -2.35. The van der Waals surface area contributed by atoms with Gasteiger partial charge in [0.05, 0.1) is 6.61 Å². The van der Waals surface area contributed by atoms with Crippen LogP contribution >= 0.6 is 0 Å². The molecule has 1 heterocycles. The number of hydrogen-bond donors (Lipinski definition) is 2. The van der Waals surface area contributed by atoms with Crippen molar-refractivity contribution in [3.8, 4) is 5.75 Å². The number of hydrogen-bond acceptors (Lipinski definition) is 4. The summed E-state index contributed by atoms with van der Waals surface area (Å²) in [4.78, 5) is 2.45. The Bertz CT molecular complexity index is 361. The molecule has 4 heteroatoms. The molecule has 0 aromatic heterocycles. The van der Waals surface area contributed by atoms with Crippen molar-refractivity contribution in [3.63, 3.8) is 0 Å². The molecule has 106 valence electrons. The number of rotatable bonds is 6. The summed E-state index contributed by atoms with van der Waals surface area (Å²) in [6.45, 7) is 7.04. The maximum absolute atomic E-state index is 9.30. The topological polar surface area (TPSA) is 44.7 Å². The normalized spacial score (nSPS) is 18.2. The van der Waals surface area contributed by atoms with Crippen molar-refractivity contribution in [2.75, 3.05) is 39.4 Å². The minimum absolute atomic E-state index is 0.224. The van der Waals surface area contributed by atoms with Gasteiger partial charge in [-0.15, -0.1) is 0 Å². The second-order valence-corrected chi connectivity index (χ2v) is 4.82. The lowest BCUT2D eigenvalue weighted by atomic mass is 10.0. The minimum Gasteiger partial charge on any atom is -0.494 e. The lowest BCUT2D eigenvalue weighted by Crippen LogP contribution is -2.45. The Labute approximate surface area is 115 Å². The summed E-state index contributed by atoms with van der Waals surface area (Å²) in [6.07, 6.45) is 0.786.